The number of thioether (sulfide) groups is 1. The highest BCUT2D eigenvalue weighted by Gasteiger charge is 2.19. The van der Waals surface area contributed by atoms with Gasteiger partial charge in [-0.2, -0.15) is 0 Å². The number of fused-ring (bicyclic) bond motifs is 1. The van der Waals surface area contributed by atoms with E-state index in [0.717, 1.165) is 5.75 Å². The van der Waals surface area contributed by atoms with Gasteiger partial charge in [-0.15, -0.1) is 0 Å². The van der Waals surface area contributed by atoms with E-state index in [2.05, 4.69) is 10.3 Å². The van der Waals surface area contributed by atoms with Crippen LogP contribution in [0.25, 0.3) is 0 Å². The molecule has 2 N–H and O–H groups in total. The standard InChI is InChI=1S/C10H13N3O3S/c1-6(14)4-11-8(15)7-5-12-10-13(9(7)16)2-3-17-10/h5-6,14H,2-4H2,1H3,(H,11,15). The lowest BCUT2D eigenvalue weighted by Gasteiger charge is -2.07. The van der Waals surface area contributed by atoms with Crippen molar-refractivity contribution >= 4 is 17.7 Å². The third-order valence-electron chi connectivity index (χ3n) is 2.36. The second kappa shape index (κ2) is 4.89. The third kappa shape index (κ3) is 2.50. The number of carbonyl (C=O) groups excluding carboxylic acids is 1. The SMILES string of the molecule is CC(O)CNC(=O)c1cnc2n(c1=O)CCS2. The number of aromatic nitrogens is 2. The maximum atomic E-state index is 11.9. The van der Waals surface area contributed by atoms with Crippen LogP contribution >= 0.6 is 11.8 Å². The molecule has 92 valence electrons. The minimum atomic E-state index is -0.639. The predicted molar refractivity (Wildman–Crippen MR) is 63.2 cm³/mol. The van der Waals surface area contributed by atoms with Gasteiger partial charge in [0.05, 0.1) is 6.10 Å². The summed E-state index contributed by atoms with van der Waals surface area (Å²) in [5.74, 6) is 0.316. The number of aliphatic hydroxyl groups is 1. The van der Waals surface area contributed by atoms with Crippen LogP contribution in [0.15, 0.2) is 16.1 Å². The van der Waals surface area contributed by atoms with E-state index in [1.807, 2.05) is 0 Å². The summed E-state index contributed by atoms with van der Waals surface area (Å²) in [6.07, 6.45) is 0.656. The minimum absolute atomic E-state index is 0.0249. The molecule has 1 aliphatic rings. The molecule has 7 heteroatoms. The van der Waals surface area contributed by atoms with Gasteiger partial charge in [0.25, 0.3) is 11.5 Å². The van der Waals surface area contributed by atoms with Crippen LogP contribution in [0, 0.1) is 0 Å². The maximum Gasteiger partial charge on any atom is 0.267 e. The molecule has 2 heterocycles. The number of nitrogens with one attached hydrogen (secondary N) is 1. The zero-order valence-electron chi connectivity index (χ0n) is 9.34. The summed E-state index contributed by atoms with van der Waals surface area (Å²) in [6.45, 7) is 2.27. The largest absolute Gasteiger partial charge is 0.392 e. The normalized spacial score (nSPS) is 15.4. The van der Waals surface area contributed by atoms with Gasteiger partial charge in [0.1, 0.15) is 5.56 Å². The monoisotopic (exact) mass is 255 g/mol. The van der Waals surface area contributed by atoms with E-state index in [4.69, 9.17) is 5.11 Å². The van der Waals surface area contributed by atoms with Crippen LogP contribution in [0.1, 0.15) is 17.3 Å². The van der Waals surface area contributed by atoms with Gasteiger partial charge >= 0.3 is 0 Å². The van der Waals surface area contributed by atoms with Crippen LogP contribution < -0.4 is 10.9 Å². The number of rotatable bonds is 3. The summed E-state index contributed by atoms with van der Waals surface area (Å²) in [5, 5.41) is 12.2. The van der Waals surface area contributed by atoms with E-state index in [-0.39, 0.29) is 17.7 Å². The summed E-state index contributed by atoms with van der Waals surface area (Å²) in [7, 11) is 0. The van der Waals surface area contributed by atoms with Gasteiger partial charge in [0, 0.05) is 25.0 Å². The van der Waals surface area contributed by atoms with Crippen molar-refractivity contribution in [3.05, 3.63) is 22.1 Å². The lowest BCUT2D eigenvalue weighted by atomic mass is 10.3. The molecule has 1 unspecified atom stereocenters. The van der Waals surface area contributed by atoms with E-state index in [0.29, 0.717) is 11.7 Å². The topological polar surface area (TPSA) is 84.2 Å². The molecule has 0 aromatic carbocycles. The highest BCUT2D eigenvalue weighted by atomic mass is 32.2. The molecule has 2 rings (SSSR count). The predicted octanol–water partition coefficient (Wildman–Crippen LogP) is -0.540. The Hall–Kier alpha value is -1.34. The second-order valence-electron chi connectivity index (χ2n) is 3.82. The minimum Gasteiger partial charge on any atom is -0.392 e. The summed E-state index contributed by atoms with van der Waals surface area (Å²) in [4.78, 5) is 27.7. The Balaban J connectivity index is 2.22. The first kappa shape index (κ1) is 12.1. The van der Waals surface area contributed by atoms with Gasteiger partial charge in [0.2, 0.25) is 0 Å². The lowest BCUT2D eigenvalue weighted by Crippen LogP contribution is -2.36. The third-order valence-corrected chi connectivity index (χ3v) is 3.33. The Kier molecular flexibility index (Phi) is 3.49. The first-order valence-electron chi connectivity index (χ1n) is 5.28. The van der Waals surface area contributed by atoms with Crippen LogP contribution in [-0.4, -0.2) is 39.0 Å². The van der Waals surface area contributed by atoms with Crippen LogP contribution in [-0.2, 0) is 6.54 Å². The van der Waals surface area contributed by atoms with E-state index >= 15 is 0 Å². The highest BCUT2D eigenvalue weighted by molar-refractivity contribution is 7.99. The van der Waals surface area contributed by atoms with Crippen molar-refractivity contribution in [3.63, 3.8) is 0 Å². The zero-order valence-corrected chi connectivity index (χ0v) is 10.2. The molecule has 1 aliphatic heterocycles. The maximum absolute atomic E-state index is 11.9. The Labute approximate surface area is 102 Å². The molecule has 1 atom stereocenters. The van der Waals surface area contributed by atoms with Crippen molar-refractivity contribution < 1.29 is 9.90 Å². The van der Waals surface area contributed by atoms with Crippen molar-refractivity contribution in [2.45, 2.75) is 24.7 Å². The number of nitrogens with zero attached hydrogens (tertiary/aromatic N) is 2. The Morgan fingerprint density at radius 1 is 1.76 bits per heavy atom. The number of hydrogen-bond donors (Lipinski definition) is 2. The van der Waals surface area contributed by atoms with Gasteiger partial charge in [-0.25, -0.2) is 4.98 Å². The molecule has 0 spiro atoms. The average Bonchev–Trinajstić information content (AvgIpc) is 2.75. The van der Waals surface area contributed by atoms with Gasteiger partial charge in [-0.1, -0.05) is 11.8 Å². The van der Waals surface area contributed by atoms with Crippen molar-refractivity contribution in [2.24, 2.45) is 0 Å². The fourth-order valence-corrected chi connectivity index (χ4v) is 2.42. The zero-order chi connectivity index (χ0) is 12.4. The number of hydrogen-bond acceptors (Lipinski definition) is 5. The van der Waals surface area contributed by atoms with Crippen molar-refractivity contribution in [1.82, 2.24) is 14.9 Å². The molecular weight excluding hydrogens is 242 g/mol. The molecule has 17 heavy (non-hydrogen) atoms. The second-order valence-corrected chi connectivity index (χ2v) is 4.88. The molecule has 1 aromatic heterocycles. The molecule has 0 saturated heterocycles. The number of carbonyl (C=O) groups is 1. The summed E-state index contributed by atoms with van der Waals surface area (Å²) in [6, 6.07) is 0. The van der Waals surface area contributed by atoms with Crippen LogP contribution in [0.2, 0.25) is 0 Å². The smallest absolute Gasteiger partial charge is 0.267 e. The van der Waals surface area contributed by atoms with Gasteiger partial charge in [-0.3, -0.25) is 14.2 Å². The van der Waals surface area contributed by atoms with E-state index in [1.54, 1.807) is 6.92 Å². The van der Waals surface area contributed by atoms with Crippen LogP contribution in [0.3, 0.4) is 0 Å². The Bertz CT molecular complexity index is 498. The van der Waals surface area contributed by atoms with Gasteiger partial charge < -0.3 is 10.4 Å². The van der Waals surface area contributed by atoms with E-state index in [1.165, 1.54) is 22.5 Å². The van der Waals surface area contributed by atoms with Crippen molar-refractivity contribution in [3.8, 4) is 0 Å². The molecule has 0 fully saturated rings. The first-order valence-corrected chi connectivity index (χ1v) is 6.27. The highest BCUT2D eigenvalue weighted by Crippen LogP contribution is 2.20. The van der Waals surface area contributed by atoms with E-state index in [9.17, 15) is 9.59 Å². The van der Waals surface area contributed by atoms with Crippen molar-refractivity contribution in [2.75, 3.05) is 12.3 Å². The fourth-order valence-electron chi connectivity index (χ4n) is 1.51. The lowest BCUT2D eigenvalue weighted by molar-refractivity contribution is 0.0921. The quantitative estimate of drug-likeness (QED) is 0.709. The Morgan fingerprint density at radius 3 is 3.24 bits per heavy atom. The summed E-state index contributed by atoms with van der Waals surface area (Å²) >= 11 is 1.50. The fraction of sp³-hybridized carbons (Fsp3) is 0.500. The molecule has 0 radical (unpaired) electrons. The molecular formula is C10H13N3O3S. The van der Waals surface area contributed by atoms with Gasteiger partial charge in [-0.05, 0) is 6.92 Å². The molecule has 0 aliphatic carbocycles. The van der Waals surface area contributed by atoms with E-state index < -0.39 is 12.0 Å². The van der Waals surface area contributed by atoms with Crippen LogP contribution in [0.5, 0.6) is 0 Å². The van der Waals surface area contributed by atoms with Crippen molar-refractivity contribution in [1.29, 1.82) is 0 Å². The Morgan fingerprint density at radius 2 is 2.53 bits per heavy atom. The van der Waals surface area contributed by atoms with Gasteiger partial charge in [0.15, 0.2) is 5.16 Å². The number of aliphatic hydroxyl groups excluding tert-OH is 1. The first-order chi connectivity index (χ1) is 8.09. The van der Waals surface area contributed by atoms with Crippen LogP contribution in [0.4, 0.5) is 0 Å². The molecule has 6 nitrogen and oxygen atoms in total. The molecule has 1 aromatic rings. The molecule has 1 amide bonds. The molecule has 0 bridgehead atoms. The number of amides is 1. The summed E-state index contributed by atoms with van der Waals surface area (Å²) < 4.78 is 1.50. The molecule has 0 saturated carbocycles. The average molecular weight is 255 g/mol. The summed E-state index contributed by atoms with van der Waals surface area (Å²) in [5.41, 5.74) is -0.292.